The summed E-state index contributed by atoms with van der Waals surface area (Å²) in [6.45, 7) is 6.14. The van der Waals surface area contributed by atoms with Gasteiger partial charge >= 0.3 is 0 Å². The van der Waals surface area contributed by atoms with E-state index in [4.69, 9.17) is 4.74 Å². The second-order valence-corrected chi connectivity index (χ2v) is 4.81. The number of amides is 2. The van der Waals surface area contributed by atoms with Crippen LogP contribution in [-0.2, 0) is 9.53 Å². The van der Waals surface area contributed by atoms with E-state index in [1.54, 1.807) is 19.2 Å². The van der Waals surface area contributed by atoms with Gasteiger partial charge in [0.25, 0.3) is 5.91 Å². The fraction of sp³-hybridized carbons (Fsp3) is 0.333. The van der Waals surface area contributed by atoms with Crippen LogP contribution in [0.5, 0.6) is 0 Å². The van der Waals surface area contributed by atoms with Crippen molar-refractivity contribution in [3.05, 3.63) is 42.0 Å². The molecule has 0 fully saturated rings. The van der Waals surface area contributed by atoms with Crippen molar-refractivity contribution in [2.75, 3.05) is 20.3 Å². The van der Waals surface area contributed by atoms with Crippen LogP contribution < -0.4 is 5.32 Å². The Morgan fingerprint density at radius 1 is 1.40 bits per heavy atom. The quantitative estimate of drug-likeness (QED) is 0.879. The van der Waals surface area contributed by atoms with Gasteiger partial charge in [-0.05, 0) is 13.0 Å². The first-order valence-corrected chi connectivity index (χ1v) is 6.43. The van der Waals surface area contributed by atoms with E-state index < -0.39 is 0 Å². The molecule has 5 heteroatoms. The van der Waals surface area contributed by atoms with Crippen molar-refractivity contribution in [1.82, 2.24) is 10.2 Å². The first-order chi connectivity index (χ1) is 9.54. The molecule has 0 spiro atoms. The van der Waals surface area contributed by atoms with Crippen molar-refractivity contribution in [1.29, 1.82) is 0 Å². The maximum absolute atomic E-state index is 12.2. The van der Waals surface area contributed by atoms with Gasteiger partial charge < -0.3 is 10.1 Å². The van der Waals surface area contributed by atoms with Crippen LogP contribution in [0.4, 0.5) is 0 Å². The van der Waals surface area contributed by atoms with Crippen molar-refractivity contribution in [2.24, 2.45) is 0 Å². The first kappa shape index (κ1) is 14.3. The van der Waals surface area contributed by atoms with Gasteiger partial charge in [0.1, 0.15) is 6.54 Å². The molecule has 2 rings (SSSR count). The van der Waals surface area contributed by atoms with Gasteiger partial charge in [0.15, 0.2) is 0 Å². The van der Waals surface area contributed by atoms with Crippen molar-refractivity contribution in [2.45, 2.75) is 13.0 Å². The monoisotopic (exact) mass is 274 g/mol. The molecule has 0 bridgehead atoms. The molecule has 2 amide bonds. The average molecular weight is 274 g/mol. The van der Waals surface area contributed by atoms with Gasteiger partial charge in [0.05, 0.1) is 6.61 Å². The second-order valence-electron chi connectivity index (χ2n) is 4.81. The Kier molecular flexibility index (Phi) is 4.20. The summed E-state index contributed by atoms with van der Waals surface area (Å²) in [5.41, 5.74) is 1.95. The molecule has 1 aromatic rings. The third kappa shape index (κ3) is 2.72. The van der Waals surface area contributed by atoms with Gasteiger partial charge in [0.2, 0.25) is 5.91 Å². The molecule has 1 N–H and O–H groups in total. The fourth-order valence-electron chi connectivity index (χ4n) is 2.26. The fourth-order valence-corrected chi connectivity index (χ4v) is 2.26. The third-order valence-corrected chi connectivity index (χ3v) is 3.17. The minimum absolute atomic E-state index is 0.0274. The molecule has 1 heterocycles. The second kappa shape index (κ2) is 5.88. The Hall–Kier alpha value is -2.14. The summed E-state index contributed by atoms with van der Waals surface area (Å²) in [5.74, 6) is -0.406. The molecular formula is C15H18N2O3. The van der Waals surface area contributed by atoms with Crippen molar-refractivity contribution < 1.29 is 14.3 Å². The maximum Gasteiger partial charge on any atom is 0.259 e. The number of nitrogens with one attached hydrogen (secondary N) is 1. The lowest BCUT2D eigenvalue weighted by molar-refractivity contribution is -0.122. The highest BCUT2D eigenvalue weighted by atomic mass is 16.5. The van der Waals surface area contributed by atoms with E-state index in [0.29, 0.717) is 17.9 Å². The lowest BCUT2D eigenvalue weighted by atomic mass is 10.1. The largest absolute Gasteiger partial charge is 0.383 e. The van der Waals surface area contributed by atoms with Crippen molar-refractivity contribution in [3.8, 4) is 0 Å². The van der Waals surface area contributed by atoms with Gasteiger partial charge in [-0.3, -0.25) is 14.5 Å². The molecule has 1 aromatic carbocycles. The summed E-state index contributed by atoms with van der Waals surface area (Å²) in [4.78, 5) is 25.5. The van der Waals surface area contributed by atoms with E-state index in [-0.39, 0.29) is 24.4 Å². The number of fused-ring (bicyclic) bond motifs is 1. The van der Waals surface area contributed by atoms with Crippen LogP contribution in [-0.4, -0.2) is 43.0 Å². The number of hydrogen-bond acceptors (Lipinski definition) is 3. The van der Waals surface area contributed by atoms with Crippen molar-refractivity contribution in [3.63, 3.8) is 0 Å². The van der Waals surface area contributed by atoms with Crippen LogP contribution in [0.1, 0.15) is 22.8 Å². The summed E-state index contributed by atoms with van der Waals surface area (Å²) >= 11 is 0. The Morgan fingerprint density at radius 3 is 2.65 bits per heavy atom. The topological polar surface area (TPSA) is 58.6 Å². The Morgan fingerprint density at radius 2 is 2.05 bits per heavy atom. The Labute approximate surface area is 118 Å². The minimum atomic E-state index is -0.225. The number of hydrogen-bond donors (Lipinski definition) is 1. The number of carbonyl (C=O) groups excluding carboxylic acids is 2. The first-order valence-electron chi connectivity index (χ1n) is 6.43. The summed E-state index contributed by atoms with van der Waals surface area (Å²) in [5, 5.41) is 2.78. The number of methoxy groups -OCH3 is 1. The number of rotatable bonds is 5. The molecule has 1 aliphatic rings. The molecule has 5 nitrogen and oxygen atoms in total. The molecule has 0 aromatic heterocycles. The van der Waals surface area contributed by atoms with Gasteiger partial charge in [-0.25, -0.2) is 0 Å². The lowest BCUT2D eigenvalue weighted by Crippen LogP contribution is -2.42. The van der Waals surface area contributed by atoms with Gasteiger partial charge in [-0.1, -0.05) is 24.8 Å². The van der Waals surface area contributed by atoms with E-state index in [9.17, 15) is 9.59 Å². The predicted molar refractivity (Wildman–Crippen MR) is 76.0 cm³/mol. The molecule has 0 saturated heterocycles. The molecule has 0 saturated carbocycles. The number of carbonyl (C=O) groups is 2. The summed E-state index contributed by atoms with van der Waals surface area (Å²) < 4.78 is 4.95. The molecule has 20 heavy (non-hydrogen) atoms. The van der Waals surface area contributed by atoms with Crippen LogP contribution in [0, 0.1) is 0 Å². The van der Waals surface area contributed by atoms with Gasteiger partial charge in [-0.15, -0.1) is 0 Å². The smallest absolute Gasteiger partial charge is 0.259 e. The van der Waals surface area contributed by atoms with Gasteiger partial charge in [0, 0.05) is 30.0 Å². The summed E-state index contributed by atoms with van der Waals surface area (Å²) in [6, 6.07) is 7.13. The van der Waals surface area contributed by atoms with E-state index >= 15 is 0 Å². The third-order valence-electron chi connectivity index (χ3n) is 3.17. The molecule has 0 aliphatic carbocycles. The molecule has 0 radical (unpaired) electrons. The summed E-state index contributed by atoms with van der Waals surface area (Å²) in [6.07, 6.45) is 0. The van der Waals surface area contributed by atoms with E-state index in [2.05, 4.69) is 11.9 Å². The Balaban J connectivity index is 2.04. The molecule has 106 valence electrons. The normalized spacial score (nSPS) is 15.2. The number of nitrogens with zero attached hydrogens (tertiary/aromatic N) is 1. The highest BCUT2D eigenvalue weighted by molar-refractivity contribution is 6.10. The Bertz CT molecular complexity index is 519. The lowest BCUT2D eigenvalue weighted by Gasteiger charge is -2.19. The zero-order chi connectivity index (χ0) is 14.7. The summed E-state index contributed by atoms with van der Waals surface area (Å²) in [7, 11) is 1.57. The zero-order valence-electron chi connectivity index (χ0n) is 11.7. The molecule has 0 unspecified atom stereocenters. The maximum atomic E-state index is 12.2. The van der Waals surface area contributed by atoms with Crippen LogP contribution in [0.3, 0.4) is 0 Å². The van der Waals surface area contributed by atoms with Crippen LogP contribution in [0.2, 0.25) is 0 Å². The van der Waals surface area contributed by atoms with Crippen molar-refractivity contribution >= 4 is 17.5 Å². The molecule has 1 atom stereocenters. The van der Waals surface area contributed by atoms with E-state index in [1.165, 1.54) is 4.90 Å². The zero-order valence-corrected chi connectivity index (χ0v) is 11.7. The highest BCUT2D eigenvalue weighted by Crippen LogP contribution is 2.30. The molecular weight excluding hydrogens is 256 g/mol. The predicted octanol–water partition coefficient (Wildman–Crippen LogP) is 1.26. The standard InChI is InChI=1S/C15H18N2O3/c1-10(9-20-3)16-14(18)8-17-11(2)12-6-4-5-7-13(12)15(17)19/h4-7,10H,2,8-9H2,1,3H3,(H,16,18)/t10-/m0/s1. The number of ether oxygens (including phenoxy) is 1. The van der Waals surface area contributed by atoms with Gasteiger partial charge in [-0.2, -0.15) is 0 Å². The number of benzene rings is 1. The van der Waals surface area contributed by atoms with Crippen LogP contribution in [0.25, 0.3) is 5.70 Å². The minimum Gasteiger partial charge on any atom is -0.383 e. The van der Waals surface area contributed by atoms with E-state index in [1.807, 2.05) is 19.1 Å². The van der Waals surface area contributed by atoms with E-state index in [0.717, 1.165) is 5.56 Å². The van der Waals surface area contributed by atoms with Crippen LogP contribution in [0.15, 0.2) is 30.8 Å². The SMILES string of the molecule is C=C1c2ccccc2C(=O)N1CC(=O)N[C@@H](C)COC. The average Bonchev–Trinajstić information content (AvgIpc) is 2.65. The van der Waals surface area contributed by atoms with Crippen LogP contribution >= 0.6 is 0 Å². The molecule has 1 aliphatic heterocycles. The highest BCUT2D eigenvalue weighted by Gasteiger charge is 2.31.